The van der Waals surface area contributed by atoms with E-state index >= 15 is 0 Å². The van der Waals surface area contributed by atoms with Crippen LogP contribution in [0.2, 0.25) is 0 Å². The minimum Gasteiger partial charge on any atom is -0.451 e. The molecular formula is C21H11F6N3O4. The van der Waals surface area contributed by atoms with Gasteiger partial charge in [0.05, 0.1) is 22.4 Å². The number of aryl methyl sites for hydroxylation is 1. The number of halogens is 6. The van der Waals surface area contributed by atoms with Gasteiger partial charge in [-0.25, -0.2) is 13.2 Å². The van der Waals surface area contributed by atoms with Gasteiger partial charge in [0.2, 0.25) is 0 Å². The summed E-state index contributed by atoms with van der Waals surface area (Å²) in [4.78, 5) is 36.3. The van der Waals surface area contributed by atoms with E-state index in [-0.39, 0.29) is 28.8 Å². The highest BCUT2D eigenvalue weighted by molar-refractivity contribution is 6.23. The van der Waals surface area contributed by atoms with Gasteiger partial charge in [0.25, 0.3) is 17.4 Å². The number of rotatable bonds is 3. The van der Waals surface area contributed by atoms with Crippen molar-refractivity contribution in [3.63, 3.8) is 0 Å². The third-order valence-corrected chi connectivity index (χ3v) is 4.98. The van der Waals surface area contributed by atoms with E-state index in [1.807, 2.05) is 5.32 Å². The second kappa shape index (κ2) is 7.64. The molecule has 1 aliphatic heterocycles. The molecule has 0 saturated carbocycles. The number of fused-ring (bicyclic) bond motifs is 1. The average molecular weight is 483 g/mol. The van der Waals surface area contributed by atoms with Gasteiger partial charge in [-0.05, 0) is 30.7 Å². The monoisotopic (exact) mass is 483 g/mol. The number of hydrogen-bond acceptors (Lipinski definition) is 5. The van der Waals surface area contributed by atoms with E-state index in [2.05, 4.69) is 0 Å². The Kier molecular flexibility index (Phi) is 5.14. The second-order valence-electron chi connectivity index (χ2n) is 7.21. The van der Waals surface area contributed by atoms with E-state index < -0.39 is 69.6 Å². The molecule has 2 amide bonds. The third kappa shape index (κ3) is 3.64. The molecule has 7 nitrogen and oxygen atoms in total. The summed E-state index contributed by atoms with van der Waals surface area (Å²) in [6, 6.07) is 2.43. The van der Waals surface area contributed by atoms with Crippen molar-refractivity contribution in [1.29, 1.82) is 0 Å². The fourth-order valence-corrected chi connectivity index (χ4v) is 3.38. The van der Waals surface area contributed by atoms with Crippen LogP contribution in [0.1, 0.15) is 31.8 Å². The Balaban J connectivity index is 1.85. The van der Waals surface area contributed by atoms with E-state index in [0.29, 0.717) is 4.57 Å². The van der Waals surface area contributed by atoms with Crippen molar-refractivity contribution in [3.8, 4) is 17.2 Å². The van der Waals surface area contributed by atoms with Crippen LogP contribution in [-0.2, 0) is 6.18 Å². The van der Waals surface area contributed by atoms with Crippen LogP contribution in [0.3, 0.4) is 0 Å². The van der Waals surface area contributed by atoms with Gasteiger partial charge in [0.1, 0.15) is 17.4 Å². The number of nitrogens with zero attached hydrogens (tertiary/aromatic N) is 1. The van der Waals surface area contributed by atoms with Crippen LogP contribution in [0.5, 0.6) is 11.5 Å². The summed E-state index contributed by atoms with van der Waals surface area (Å²) < 4.78 is 87.2. The molecule has 0 aliphatic carbocycles. The predicted octanol–water partition coefficient (Wildman–Crippen LogP) is 3.84. The van der Waals surface area contributed by atoms with Crippen molar-refractivity contribution < 1.29 is 40.7 Å². The smallest absolute Gasteiger partial charge is 0.416 e. The highest BCUT2D eigenvalue weighted by atomic mass is 19.4. The van der Waals surface area contributed by atoms with Crippen molar-refractivity contribution in [1.82, 2.24) is 9.88 Å². The molecule has 3 N–H and O–H groups in total. The number of nitrogens with two attached hydrogens (primary N) is 1. The summed E-state index contributed by atoms with van der Waals surface area (Å²) in [5, 5.41) is 1.93. The Morgan fingerprint density at radius 2 is 1.53 bits per heavy atom. The third-order valence-electron chi connectivity index (χ3n) is 4.98. The molecule has 3 aromatic rings. The van der Waals surface area contributed by atoms with Gasteiger partial charge in [0, 0.05) is 12.1 Å². The molecule has 0 saturated heterocycles. The predicted molar refractivity (Wildman–Crippen MR) is 104 cm³/mol. The summed E-state index contributed by atoms with van der Waals surface area (Å²) >= 11 is 0. The zero-order chi connectivity index (χ0) is 25.1. The standard InChI is InChI=1S/C21H11F6N3O4/c1-7-2-10(22)13(30-15(31)5-9-16(18(30)28)20(33)29-19(9)32)6-14(7)34-17-11(23)3-8(4-12(17)24)21(25,26)27/h2-6H,28H2,1H3,(H,29,32,33). The van der Waals surface area contributed by atoms with Gasteiger partial charge in [-0.2, -0.15) is 13.2 Å². The van der Waals surface area contributed by atoms with E-state index in [0.717, 1.165) is 18.2 Å². The fourth-order valence-electron chi connectivity index (χ4n) is 3.38. The quantitative estimate of drug-likeness (QED) is 0.435. The average Bonchev–Trinajstić information content (AvgIpc) is 2.99. The van der Waals surface area contributed by atoms with Crippen LogP contribution in [0.15, 0.2) is 35.1 Å². The topological polar surface area (TPSA) is 103 Å². The molecule has 176 valence electrons. The van der Waals surface area contributed by atoms with Crippen LogP contribution < -0.4 is 21.3 Å². The fraction of sp³-hybridized carbons (Fsp3) is 0.0952. The molecule has 1 aliphatic rings. The molecule has 4 rings (SSSR count). The Labute approximate surface area is 185 Å². The van der Waals surface area contributed by atoms with Crippen molar-refractivity contribution in [2.75, 3.05) is 5.73 Å². The largest absolute Gasteiger partial charge is 0.451 e. The highest BCUT2D eigenvalue weighted by Gasteiger charge is 2.34. The van der Waals surface area contributed by atoms with Crippen molar-refractivity contribution >= 4 is 17.6 Å². The maximum Gasteiger partial charge on any atom is 0.416 e. The Morgan fingerprint density at radius 1 is 0.912 bits per heavy atom. The van der Waals surface area contributed by atoms with Gasteiger partial charge < -0.3 is 10.5 Å². The van der Waals surface area contributed by atoms with Crippen LogP contribution in [0.25, 0.3) is 5.69 Å². The molecule has 0 atom stereocenters. The molecule has 0 unspecified atom stereocenters. The number of amides is 2. The number of carbonyl (C=O) groups is 2. The molecule has 1 aromatic heterocycles. The number of nitrogens with one attached hydrogen (secondary N) is 1. The molecule has 2 heterocycles. The molecular weight excluding hydrogens is 472 g/mol. The van der Waals surface area contributed by atoms with Gasteiger partial charge >= 0.3 is 6.18 Å². The van der Waals surface area contributed by atoms with E-state index in [1.54, 1.807) is 0 Å². The summed E-state index contributed by atoms with van der Waals surface area (Å²) in [5.41, 5.74) is 1.91. The number of benzene rings is 2. The number of nitrogen functional groups attached to an aromatic ring is 1. The summed E-state index contributed by atoms with van der Waals surface area (Å²) in [6.07, 6.45) is -5.01. The van der Waals surface area contributed by atoms with E-state index in [9.17, 15) is 40.7 Å². The lowest BCUT2D eigenvalue weighted by atomic mass is 10.1. The minimum absolute atomic E-state index is 0.0246. The number of alkyl halides is 3. The Bertz CT molecular complexity index is 1440. The molecule has 0 bridgehead atoms. The minimum atomic E-state index is -5.01. The molecule has 0 fully saturated rings. The molecule has 2 aromatic carbocycles. The molecule has 0 radical (unpaired) electrons. The lowest BCUT2D eigenvalue weighted by Gasteiger charge is -2.17. The van der Waals surface area contributed by atoms with Gasteiger partial charge in [-0.1, -0.05) is 0 Å². The zero-order valence-electron chi connectivity index (χ0n) is 16.8. The first-order chi connectivity index (χ1) is 15.8. The molecule has 34 heavy (non-hydrogen) atoms. The van der Waals surface area contributed by atoms with Crippen molar-refractivity contribution in [3.05, 3.63) is 80.4 Å². The number of hydrogen-bond donors (Lipinski definition) is 2. The number of anilines is 1. The van der Waals surface area contributed by atoms with E-state index in [1.165, 1.54) is 6.92 Å². The lowest BCUT2D eigenvalue weighted by molar-refractivity contribution is -0.138. The van der Waals surface area contributed by atoms with Gasteiger partial charge in [-0.3, -0.25) is 24.3 Å². The summed E-state index contributed by atoms with van der Waals surface area (Å²) in [7, 11) is 0. The zero-order valence-corrected chi connectivity index (χ0v) is 16.8. The first-order valence-corrected chi connectivity index (χ1v) is 9.25. The van der Waals surface area contributed by atoms with Crippen molar-refractivity contribution in [2.45, 2.75) is 13.1 Å². The number of pyridine rings is 1. The summed E-state index contributed by atoms with van der Waals surface area (Å²) in [6.45, 7) is 1.27. The van der Waals surface area contributed by atoms with Gasteiger partial charge in [-0.15, -0.1) is 0 Å². The number of aromatic nitrogens is 1. The van der Waals surface area contributed by atoms with Crippen LogP contribution in [0.4, 0.5) is 32.2 Å². The maximum atomic E-state index is 14.8. The lowest BCUT2D eigenvalue weighted by Crippen LogP contribution is -2.25. The normalized spacial score (nSPS) is 13.1. The SMILES string of the molecule is Cc1cc(F)c(-n2c(N)c3c(cc2=O)C(=O)NC3=O)cc1Oc1c(F)cc(C(F)(F)F)cc1F. The van der Waals surface area contributed by atoms with Crippen molar-refractivity contribution in [2.24, 2.45) is 0 Å². The summed E-state index contributed by atoms with van der Waals surface area (Å²) in [5.74, 6) is -8.44. The molecule has 0 spiro atoms. The van der Waals surface area contributed by atoms with Gasteiger partial charge in [0.15, 0.2) is 17.4 Å². The number of imide groups is 1. The second-order valence-corrected chi connectivity index (χ2v) is 7.21. The number of carbonyl (C=O) groups excluding carboxylic acids is 2. The number of ether oxygens (including phenoxy) is 1. The van der Waals surface area contributed by atoms with E-state index in [4.69, 9.17) is 10.5 Å². The first-order valence-electron chi connectivity index (χ1n) is 9.25. The van der Waals surface area contributed by atoms with Crippen LogP contribution >= 0.6 is 0 Å². The Morgan fingerprint density at radius 3 is 2.12 bits per heavy atom. The highest BCUT2D eigenvalue weighted by Crippen LogP contribution is 2.37. The van der Waals surface area contributed by atoms with Crippen LogP contribution in [0, 0.1) is 24.4 Å². The Hall–Kier alpha value is -4.29. The first kappa shape index (κ1) is 22.9. The van der Waals surface area contributed by atoms with Crippen LogP contribution in [-0.4, -0.2) is 16.4 Å². The molecule has 13 heteroatoms. The maximum absolute atomic E-state index is 14.8.